The molecule has 1 aromatic heterocycles. The van der Waals surface area contributed by atoms with Crippen LogP contribution in [-0.4, -0.2) is 27.1 Å². The van der Waals surface area contributed by atoms with Crippen LogP contribution in [0.15, 0.2) is 58.5 Å². The van der Waals surface area contributed by atoms with E-state index in [9.17, 15) is 14.4 Å². The first-order valence-electron chi connectivity index (χ1n) is 8.20. The van der Waals surface area contributed by atoms with Gasteiger partial charge in [-0.05, 0) is 30.3 Å². The maximum absolute atomic E-state index is 12.4. The SMILES string of the molecule is CC(=O)Nc1cccc(NC(=O)CSc2nc3ccccc3c(=O)n2C)c1. The number of hydrogen-bond donors (Lipinski definition) is 2. The largest absolute Gasteiger partial charge is 0.326 e. The van der Waals surface area contributed by atoms with E-state index in [1.807, 2.05) is 6.07 Å². The molecule has 0 aliphatic rings. The van der Waals surface area contributed by atoms with Crippen molar-refractivity contribution >= 4 is 45.9 Å². The summed E-state index contributed by atoms with van der Waals surface area (Å²) in [5.74, 6) is -0.317. The second kappa shape index (κ2) is 8.05. The molecule has 2 amide bonds. The van der Waals surface area contributed by atoms with Crippen LogP contribution < -0.4 is 16.2 Å². The van der Waals surface area contributed by atoms with Crippen LogP contribution in [0.4, 0.5) is 11.4 Å². The van der Waals surface area contributed by atoms with E-state index < -0.39 is 0 Å². The lowest BCUT2D eigenvalue weighted by atomic mass is 10.2. The third kappa shape index (κ3) is 4.53. The van der Waals surface area contributed by atoms with Crippen LogP contribution >= 0.6 is 11.8 Å². The zero-order valence-electron chi connectivity index (χ0n) is 14.9. The highest BCUT2D eigenvalue weighted by Gasteiger charge is 2.11. The molecule has 0 atom stereocenters. The number of aromatic nitrogens is 2. The fourth-order valence-electron chi connectivity index (χ4n) is 2.53. The van der Waals surface area contributed by atoms with Gasteiger partial charge in [-0.25, -0.2) is 4.98 Å². The fraction of sp³-hybridized carbons (Fsp3) is 0.158. The zero-order valence-corrected chi connectivity index (χ0v) is 15.7. The topological polar surface area (TPSA) is 93.1 Å². The van der Waals surface area contributed by atoms with Crippen LogP contribution in [0.3, 0.4) is 0 Å². The molecule has 27 heavy (non-hydrogen) atoms. The smallest absolute Gasteiger partial charge is 0.261 e. The van der Waals surface area contributed by atoms with Crippen molar-refractivity contribution < 1.29 is 9.59 Å². The van der Waals surface area contributed by atoms with Crippen molar-refractivity contribution in [2.45, 2.75) is 12.1 Å². The van der Waals surface area contributed by atoms with Crippen molar-refractivity contribution in [3.05, 3.63) is 58.9 Å². The summed E-state index contributed by atoms with van der Waals surface area (Å²) in [6, 6.07) is 14.0. The van der Waals surface area contributed by atoms with Gasteiger partial charge in [0, 0.05) is 25.3 Å². The predicted molar refractivity (Wildman–Crippen MR) is 107 cm³/mol. The van der Waals surface area contributed by atoms with E-state index in [1.165, 1.54) is 23.3 Å². The standard InChI is InChI=1S/C19H18N4O3S/c1-12(24)20-13-6-5-7-14(10-13)21-17(25)11-27-19-22-16-9-4-3-8-15(16)18(26)23(19)2/h3-10H,11H2,1-2H3,(H,20,24)(H,21,25). The second-order valence-corrected chi connectivity index (χ2v) is 6.82. The summed E-state index contributed by atoms with van der Waals surface area (Å²) in [5, 5.41) is 6.45. The highest BCUT2D eigenvalue weighted by molar-refractivity contribution is 7.99. The van der Waals surface area contributed by atoms with Gasteiger partial charge in [-0.15, -0.1) is 0 Å². The van der Waals surface area contributed by atoms with Crippen LogP contribution in [0, 0.1) is 0 Å². The first kappa shape index (κ1) is 18.7. The number of thioether (sulfide) groups is 1. The zero-order chi connectivity index (χ0) is 19.4. The molecule has 2 aromatic carbocycles. The summed E-state index contributed by atoms with van der Waals surface area (Å²) in [7, 11) is 1.64. The summed E-state index contributed by atoms with van der Waals surface area (Å²) in [6.07, 6.45) is 0. The summed E-state index contributed by atoms with van der Waals surface area (Å²) in [4.78, 5) is 40.2. The number of nitrogens with zero attached hydrogens (tertiary/aromatic N) is 2. The Balaban J connectivity index is 1.69. The predicted octanol–water partition coefficient (Wildman–Crippen LogP) is 2.62. The average Bonchev–Trinajstić information content (AvgIpc) is 2.63. The van der Waals surface area contributed by atoms with Crippen molar-refractivity contribution in [1.82, 2.24) is 9.55 Å². The van der Waals surface area contributed by atoms with E-state index in [-0.39, 0.29) is 23.1 Å². The Kier molecular flexibility index (Phi) is 5.56. The number of carbonyl (C=O) groups excluding carboxylic acids is 2. The molecule has 0 fully saturated rings. The number of hydrogen-bond acceptors (Lipinski definition) is 5. The van der Waals surface area contributed by atoms with Crippen LogP contribution in [0.5, 0.6) is 0 Å². The third-order valence-corrected chi connectivity index (χ3v) is 4.77. The number of benzene rings is 2. The Hall–Kier alpha value is -3.13. The minimum Gasteiger partial charge on any atom is -0.326 e. The molecule has 0 unspecified atom stereocenters. The van der Waals surface area contributed by atoms with E-state index in [0.29, 0.717) is 27.4 Å². The Morgan fingerprint density at radius 3 is 2.52 bits per heavy atom. The molecule has 3 aromatic rings. The van der Waals surface area contributed by atoms with Gasteiger partial charge >= 0.3 is 0 Å². The summed E-state index contributed by atoms with van der Waals surface area (Å²) >= 11 is 1.19. The Morgan fingerprint density at radius 1 is 1.07 bits per heavy atom. The molecule has 0 spiro atoms. The van der Waals surface area contributed by atoms with E-state index in [2.05, 4.69) is 15.6 Å². The van der Waals surface area contributed by atoms with Gasteiger partial charge in [0.2, 0.25) is 11.8 Å². The molecule has 2 N–H and O–H groups in total. The summed E-state index contributed by atoms with van der Waals surface area (Å²) < 4.78 is 1.44. The van der Waals surface area contributed by atoms with Crippen molar-refractivity contribution in [2.24, 2.45) is 7.05 Å². The maximum atomic E-state index is 12.4. The van der Waals surface area contributed by atoms with Gasteiger partial charge in [0.1, 0.15) is 0 Å². The Morgan fingerprint density at radius 2 is 1.78 bits per heavy atom. The van der Waals surface area contributed by atoms with E-state index in [4.69, 9.17) is 0 Å². The van der Waals surface area contributed by atoms with Crippen molar-refractivity contribution in [3.8, 4) is 0 Å². The minimum absolute atomic E-state index is 0.100. The minimum atomic E-state index is -0.234. The van der Waals surface area contributed by atoms with Gasteiger partial charge in [-0.2, -0.15) is 0 Å². The van der Waals surface area contributed by atoms with Gasteiger partial charge in [0.05, 0.1) is 16.7 Å². The number of rotatable bonds is 5. The van der Waals surface area contributed by atoms with Gasteiger partial charge in [-0.1, -0.05) is 30.0 Å². The molecule has 7 nitrogen and oxygen atoms in total. The molecule has 0 saturated heterocycles. The third-order valence-electron chi connectivity index (χ3n) is 3.74. The first-order chi connectivity index (χ1) is 12.9. The number of fused-ring (bicyclic) bond motifs is 1. The summed E-state index contributed by atoms with van der Waals surface area (Å²) in [6.45, 7) is 1.42. The van der Waals surface area contributed by atoms with Crippen LogP contribution in [0.1, 0.15) is 6.92 Å². The molecule has 3 rings (SSSR count). The number of nitrogens with one attached hydrogen (secondary N) is 2. The molecule has 0 radical (unpaired) electrons. The van der Waals surface area contributed by atoms with Crippen molar-refractivity contribution in [2.75, 3.05) is 16.4 Å². The highest BCUT2D eigenvalue weighted by atomic mass is 32.2. The lowest BCUT2D eigenvalue weighted by molar-refractivity contribution is -0.114. The molecular formula is C19H18N4O3S. The lowest BCUT2D eigenvalue weighted by Crippen LogP contribution is -2.21. The highest BCUT2D eigenvalue weighted by Crippen LogP contribution is 2.19. The molecule has 0 aliphatic heterocycles. The van der Waals surface area contributed by atoms with Crippen molar-refractivity contribution in [1.29, 1.82) is 0 Å². The molecule has 0 aliphatic carbocycles. The maximum Gasteiger partial charge on any atom is 0.261 e. The van der Waals surface area contributed by atoms with E-state index in [0.717, 1.165) is 0 Å². The molecule has 0 bridgehead atoms. The van der Waals surface area contributed by atoms with Gasteiger partial charge in [-0.3, -0.25) is 19.0 Å². The van der Waals surface area contributed by atoms with Crippen LogP contribution in [0.2, 0.25) is 0 Å². The quantitative estimate of drug-likeness (QED) is 0.523. The Labute approximate surface area is 159 Å². The molecule has 1 heterocycles. The number of para-hydroxylation sites is 1. The van der Waals surface area contributed by atoms with Crippen molar-refractivity contribution in [3.63, 3.8) is 0 Å². The molecular weight excluding hydrogens is 364 g/mol. The molecule has 8 heteroatoms. The number of carbonyl (C=O) groups is 2. The normalized spacial score (nSPS) is 10.6. The Bertz CT molecular complexity index is 1080. The summed E-state index contributed by atoms with van der Waals surface area (Å²) in [5.41, 5.74) is 1.64. The van der Waals surface area contributed by atoms with Gasteiger partial charge < -0.3 is 10.6 Å². The monoisotopic (exact) mass is 382 g/mol. The fourth-order valence-corrected chi connectivity index (χ4v) is 3.30. The van der Waals surface area contributed by atoms with E-state index >= 15 is 0 Å². The number of anilines is 2. The van der Waals surface area contributed by atoms with Crippen LogP contribution in [0.25, 0.3) is 10.9 Å². The van der Waals surface area contributed by atoms with Gasteiger partial charge in [0.25, 0.3) is 5.56 Å². The average molecular weight is 382 g/mol. The molecule has 0 saturated carbocycles. The van der Waals surface area contributed by atoms with Gasteiger partial charge in [0.15, 0.2) is 5.16 Å². The number of amides is 2. The van der Waals surface area contributed by atoms with E-state index in [1.54, 1.807) is 49.5 Å². The van der Waals surface area contributed by atoms with Crippen LogP contribution in [-0.2, 0) is 16.6 Å². The molecule has 138 valence electrons. The first-order valence-corrected chi connectivity index (χ1v) is 9.18. The second-order valence-electron chi connectivity index (χ2n) is 5.87. The lowest BCUT2D eigenvalue weighted by Gasteiger charge is -2.10.